The molecule has 0 fully saturated rings. The summed E-state index contributed by atoms with van der Waals surface area (Å²) in [4.78, 5) is 18.7. The molecular weight excluding hydrogens is 344 g/mol. The first-order chi connectivity index (χ1) is 13.1. The SMILES string of the molecule is COc1ccc(OCCN(C)C(=O)c2ccc3cc(OC)ccc3n2)cc1. The van der Waals surface area contributed by atoms with Crippen LogP contribution in [-0.2, 0) is 0 Å². The van der Waals surface area contributed by atoms with Crippen LogP contribution in [0.4, 0.5) is 0 Å². The second-order valence-corrected chi connectivity index (χ2v) is 6.01. The van der Waals surface area contributed by atoms with Gasteiger partial charge in [-0.25, -0.2) is 4.98 Å². The molecule has 0 aliphatic rings. The highest BCUT2D eigenvalue weighted by Gasteiger charge is 2.14. The molecule has 0 spiro atoms. The number of hydrogen-bond donors (Lipinski definition) is 0. The van der Waals surface area contributed by atoms with Crippen molar-refractivity contribution < 1.29 is 19.0 Å². The summed E-state index contributed by atoms with van der Waals surface area (Å²) in [6, 6.07) is 16.5. The number of methoxy groups -OCH3 is 2. The van der Waals surface area contributed by atoms with Gasteiger partial charge in [0.05, 0.1) is 26.3 Å². The molecule has 1 amide bonds. The van der Waals surface area contributed by atoms with Crippen molar-refractivity contribution in [3.8, 4) is 17.2 Å². The van der Waals surface area contributed by atoms with Crippen molar-refractivity contribution in [3.05, 3.63) is 60.3 Å². The van der Waals surface area contributed by atoms with Crippen molar-refractivity contribution in [1.29, 1.82) is 0 Å². The number of carbonyl (C=O) groups excluding carboxylic acids is 1. The Morgan fingerprint density at radius 3 is 2.30 bits per heavy atom. The van der Waals surface area contributed by atoms with Gasteiger partial charge in [0.25, 0.3) is 5.91 Å². The monoisotopic (exact) mass is 366 g/mol. The summed E-state index contributed by atoms with van der Waals surface area (Å²) in [5, 5.41) is 0.927. The predicted molar refractivity (Wildman–Crippen MR) is 104 cm³/mol. The summed E-state index contributed by atoms with van der Waals surface area (Å²) >= 11 is 0. The number of likely N-dealkylation sites (N-methyl/N-ethyl adjacent to an activating group) is 1. The zero-order chi connectivity index (χ0) is 19.2. The Kier molecular flexibility index (Phi) is 5.76. The molecule has 2 aromatic carbocycles. The summed E-state index contributed by atoms with van der Waals surface area (Å²) in [7, 11) is 4.98. The first-order valence-electron chi connectivity index (χ1n) is 8.58. The molecule has 0 atom stereocenters. The summed E-state index contributed by atoms with van der Waals surface area (Å²) < 4.78 is 16.0. The van der Waals surface area contributed by atoms with Crippen LogP contribution in [0.25, 0.3) is 10.9 Å². The van der Waals surface area contributed by atoms with Gasteiger partial charge in [0.2, 0.25) is 0 Å². The molecule has 1 heterocycles. The summed E-state index contributed by atoms with van der Waals surface area (Å²) in [5.41, 5.74) is 1.16. The van der Waals surface area contributed by atoms with E-state index in [1.165, 1.54) is 0 Å². The Labute approximate surface area is 158 Å². The summed E-state index contributed by atoms with van der Waals surface area (Å²) in [6.45, 7) is 0.840. The largest absolute Gasteiger partial charge is 0.497 e. The number of aromatic nitrogens is 1. The Morgan fingerprint density at radius 2 is 1.59 bits per heavy atom. The minimum absolute atomic E-state index is 0.147. The van der Waals surface area contributed by atoms with E-state index in [-0.39, 0.29) is 5.91 Å². The lowest BCUT2D eigenvalue weighted by Crippen LogP contribution is -2.31. The molecule has 0 saturated carbocycles. The average Bonchev–Trinajstić information content (AvgIpc) is 2.72. The molecule has 0 unspecified atom stereocenters. The van der Waals surface area contributed by atoms with Crippen LogP contribution in [0.15, 0.2) is 54.6 Å². The van der Waals surface area contributed by atoms with Gasteiger partial charge in [-0.2, -0.15) is 0 Å². The fourth-order valence-electron chi connectivity index (χ4n) is 2.62. The number of benzene rings is 2. The maximum absolute atomic E-state index is 12.6. The van der Waals surface area contributed by atoms with Crippen LogP contribution in [-0.4, -0.2) is 50.2 Å². The molecule has 140 valence electrons. The van der Waals surface area contributed by atoms with Crippen molar-refractivity contribution >= 4 is 16.8 Å². The van der Waals surface area contributed by atoms with E-state index in [9.17, 15) is 4.79 Å². The Balaban J connectivity index is 1.59. The van der Waals surface area contributed by atoms with Gasteiger partial charge in [0.1, 0.15) is 29.5 Å². The third kappa shape index (κ3) is 4.47. The molecule has 0 aliphatic heterocycles. The topological polar surface area (TPSA) is 60.9 Å². The zero-order valence-corrected chi connectivity index (χ0v) is 15.6. The van der Waals surface area contributed by atoms with E-state index in [0.29, 0.717) is 18.8 Å². The molecule has 0 radical (unpaired) electrons. The first-order valence-corrected chi connectivity index (χ1v) is 8.58. The molecule has 27 heavy (non-hydrogen) atoms. The zero-order valence-electron chi connectivity index (χ0n) is 15.6. The highest BCUT2D eigenvalue weighted by molar-refractivity contribution is 5.94. The second kappa shape index (κ2) is 8.40. The number of pyridine rings is 1. The van der Waals surface area contributed by atoms with E-state index in [1.807, 2.05) is 48.5 Å². The fourth-order valence-corrected chi connectivity index (χ4v) is 2.62. The molecule has 6 nitrogen and oxygen atoms in total. The third-order valence-electron chi connectivity index (χ3n) is 4.22. The Hall–Kier alpha value is -3.28. The Bertz CT molecular complexity index is 925. The number of ether oxygens (including phenoxy) is 3. The van der Waals surface area contributed by atoms with Crippen LogP contribution >= 0.6 is 0 Å². The van der Waals surface area contributed by atoms with Gasteiger partial charge in [-0.3, -0.25) is 4.79 Å². The normalized spacial score (nSPS) is 10.5. The average molecular weight is 366 g/mol. The van der Waals surface area contributed by atoms with Crippen LogP contribution in [0, 0.1) is 0 Å². The van der Waals surface area contributed by atoms with Crippen LogP contribution < -0.4 is 14.2 Å². The lowest BCUT2D eigenvalue weighted by Gasteiger charge is -2.17. The van der Waals surface area contributed by atoms with Crippen LogP contribution in [0.3, 0.4) is 0 Å². The number of nitrogens with zero attached hydrogens (tertiary/aromatic N) is 2. The van der Waals surface area contributed by atoms with Gasteiger partial charge in [-0.15, -0.1) is 0 Å². The van der Waals surface area contributed by atoms with Gasteiger partial charge >= 0.3 is 0 Å². The summed E-state index contributed by atoms with van der Waals surface area (Å²) in [5.74, 6) is 2.12. The van der Waals surface area contributed by atoms with E-state index in [0.717, 1.165) is 28.2 Å². The number of amides is 1. The lowest BCUT2D eigenvalue weighted by molar-refractivity contribution is 0.0768. The van der Waals surface area contributed by atoms with Crippen LogP contribution in [0.2, 0.25) is 0 Å². The van der Waals surface area contributed by atoms with Crippen LogP contribution in [0.5, 0.6) is 17.2 Å². The molecule has 0 aliphatic carbocycles. The minimum Gasteiger partial charge on any atom is -0.497 e. The van der Waals surface area contributed by atoms with Crippen molar-refractivity contribution in [2.24, 2.45) is 0 Å². The fraction of sp³-hybridized carbons (Fsp3) is 0.238. The molecule has 1 aromatic heterocycles. The number of rotatable bonds is 7. The number of fused-ring (bicyclic) bond motifs is 1. The highest BCUT2D eigenvalue weighted by Crippen LogP contribution is 2.20. The van der Waals surface area contributed by atoms with Crippen molar-refractivity contribution in [2.75, 3.05) is 34.4 Å². The van der Waals surface area contributed by atoms with Crippen molar-refractivity contribution in [1.82, 2.24) is 9.88 Å². The van der Waals surface area contributed by atoms with Gasteiger partial charge < -0.3 is 19.1 Å². The molecule has 0 bridgehead atoms. The van der Waals surface area contributed by atoms with Crippen LogP contribution in [0.1, 0.15) is 10.5 Å². The number of hydrogen-bond acceptors (Lipinski definition) is 5. The maximum atomic E-state index is 12.6. The van der Waals surface area contributed by atoms with E-state index in [1.54, 1.807) is 32.2 Å². The second-order valence-electron chi connectivity index (χ2n) is 6.01. The molecule has 0 N–H and O–H groups in total. The quantitative estimate of drug-likeness (QED) is 0.641. The maximum Gasteiger partial charge on any atom is 0.272 e. The van der Waals surface area contributed by atoms with Crippen molar-refractivity contribution in [2.45, 2.75) is 0 Å². The minimum atomic E-state index is -0.147. The molecule has 0 saturated heterocycles. The van der Waals surface area contributed by atoms with E-state index >= 15 is 0 Å². The highest BCUT2D eigenvalue weighted by atomic mass is 16.5. The first kappa shape index (κ1) is 18.5. The smallest absolute Gasteiger partial charge is 0.272 e. The molecule has 6 heteroatoms. The van der Waals surface area contributed by atoms with E-state index in [4.69, 9.17) is 14.2 Å². The van der Waals surface area contributed by atoms with Gasteiger partial charge in [-0.1, -0.05) is 6.07 Å². The van der Waals surface area contributed by atoms with Gasteiger partial charge in [-0.05, 0) is 48.5 Å². The molecule has 3 rings (SSSR count). The predicted octanol–water partition coefficient (Wildman–Crippen LogP) is 3.40. The van der Waals surface area contributed by atoms with Crippen molar-refractivity contribution in [3.63, 3.8) is 0 Å². The Morgan fingerprint density at radius 1 is 0.926 bits per heavy atom. The lowest BCUT2D eigenvalue weighted by atomic mass is 10.2. The van der Waals surface area contributed by atoms with Gasteiger partial charge in [0, 0.05) is 12.4 Å². The third-order valence-corrected chi connectivity index (χ3v) is 4.22. The summed E-state index contributed by atoms with van der Waals surface area (Å²) in [6.07, 6.45) is 0. The standard InChI is InChI=1S/C21H22N2O4/c1-23(12-13-27-17-7-5-16(25-2)6-8-17)21(24)20-10-4-15-14-18(26-3)9-11-19(15)22-20/h4-11,14H,12-13H2,1-3H3. The van der Waals surface area contributed by atoms with Gasteiger partial charge in [0.15, 0.2) is 0 Å². The molecule has 3 aromatic rings. The molecular formula is C21H22N2O4. The van der Waals surface area contributed by atoms with E-state index < -0.39 is 0 Å². The van der Waals surface area contributed by atoms with E-state index in [2.05, 4.69) is 4.98 Å². The number of carbonyl (C=O) groups is 1.